The molecule has 1 N–H and O–H groups in total. The second-order valence-corrected chi connectivity index (χ2v) is 11.7. The molecule has 0 fully saturated rings. The maximum atomic E-state index is 12.8. The molecule has 0 spiro atoms. The largest absolute Gasteiger partial charge is 0.389 e. The summed E-state index contributed by atoms with van der Waals surface area (Å²) in [7, 11) is -3.95. The molecule has 2 heterocycles. The Kier molecular flexibility index (Phi) is 5.26. The molecule has 6 nitrogen and oxygen atoms in total. The molecule has 0 saturated carbocycles. The minimum atomic E-state index is -3.95. The van der Waals surface area contributed by atoms with Gasteiger partial charge in [0.1, 0.15) is 4.90 Å². The van der Waals surface area contributed by atoms with Gasteiger partial charge in [0.05, 0.1) is 24.8 Å². The number of rotatable bonds is 4. The quantitative estimate of drug-likeness (QED) is 0.334. The van der Waals surface area contributed by atoms with E-state index in [4.69, 9.17) is 0 Å². The second kappa shape index (κ2) is 7.71. The molecule has 1 unspecified atom stereocenters. The Morgan fingerprint density at radius 1 is 0.871 bits per heavy atom. The van der Waals surface area contributed by atoms with E-state index in [2.05, 4.69) is 57.3 Å². The fourth-order valence-corrected chi connectivity index (χ4v) is 6.71. The van der Waals surface area contributed by atoms with Crippen LogP contribution in [0, 0.1) is 7.14 Å². The maximum absolute atomic E-state index is 12.8. The van der Waals surface area contributed by atoms with Gasteiger partial charge < -0.3 is 9.67 Å². The summed E-state index contributed by atoms with van der Waals surface area (Å²) in [6.45, 7) is -0.136. The van der Waals surface area contributed by atoms with E-state index in [1.807, 2.05) is 28.8 Å². The van der Waals surface area contributed by atoms with Gasteiger partial charge in [-0.25, -0.2) is 12.7 Å². The number of hydrogen-bond acceptors (Lipinski definition) is 4. The molecule has 1 aliphatic heterocycles. The van der Waals surface area contributed by atoms with Gasteiger partial charge in [0.2, 0.25) is 0 Å². The number of amides is 1. The van der Waals surface area contributed by atoms with E-state index in [-0.39, 0.29) is 23.5 Å². The highest BCUT2D eigenvalue weighted by Crippen LogP contribution is 2.33. The van der Waals surface area contributed by atoms with Crippen LogP contribution in [0.25, 0.3) is 21.8 Å². The van der Waals surface area contributed by atoms with E-state index < -0.39 is 22.0 Å². The summed E-state index contributed by atoms with van der Waals surface area (Å²) >= 11 is 4.54. The number of nitrogens with zero attached hydrogens (tertiary/aromatic N) is 2. The van der Waals surface area contributed by atoms with Gasteiger partial charge in [0.25, 0.3) is 15.9 Å². The monoisotopic (exact) mass is 658 g/mol. The van der Waals surface area contributed by atoms with Gasteiger partial charge in [-0.1, -0.05) is 12.1 Å². The lowest BCUT2D eigenvalue weighted by molar-refractivity contribution is 0.0774. The molecule has 4 aromatic rings. The van der Waals surface area contributed by atoms with Gasteiger partial charge in [-0.3, -0.25) is 4.79 Å². The molecule has 0 radical (unpaired) electrons. The summed E-state index contributed by atoms with van der Waals surface area (Å²) in [6, 6.07) is 18.3. The van der Waals surface area contributed by atoms with Gasteiger partial charge >= 0.3 is 0 Å². The van der Waals surface area contributed by atoms with E-state index >= 15 is 0 Å². The number of carbonyl (C=O) groups is 1. The molecule has 9 heteroatoms. The van der Waals surface area contributed by atoms with E-state index in [0.29, 0.717) is 0 Å². The van der Waals surface area contributed by atoms with Crippen LogP contribution in [0.2, 0.25) is 0 Å². The zero-order valence-electron chi connectivity index (χ0n) is 16.0. The molecule has 1 aliphatic rings. The SMILES string of the molecule is O=C1c2ccccc2S(=O)(=O)N1CC(O)Cn1c2ccc(I)cc2c2cc(I)ccc21. The number of β-amino-alcohol motifs (C(OH)–C–C–N with tert-alkyl or cyclic N) is 1. The zero-order valence-corrected chi connectivity index (χ0v) is 21.1. The van der Waals surface area contributed by atoms with Crippen LogP contribution in [0.15, 0.2) is 65.6 Å². The standard InChI is InChI=1S/C22H16I2N2O4S/c23-13-5-7-19-17(9-13)18-10-14(24)6-8-20(18)25(19)11-15(27)12-26-22(28)16-3-1-2-4-21(16)31(26,29)30/h1-10,15,27H,11-12H2. The summed E-state index contributed by atoms with van der Waals surface area (Å²) in [5, 5.41) is 13.0. The number of halogens is 2. The van der Waals surface area contributed by atoms with Crippen molar-refractivity contribution in [1.29, 1.82) is 0 Å². The van der Waals surface area contributed by atoms with Crippen molar-refractivity contribution in [1.82, 2.24) is 8.87 Å². The number of benzene rings is 3. The number of fused-ring (bicyclic) bond motifs is 4. The number of aliphatic hydroxyl groups excluding tert-OH is 1. The summed E-state index contributed by atoms with van der Waals surface area (Å²) in [5.74, 6) is -0.596. The van der Waals surface area contributed by atoms with E-state index in [1.54, 1.807) is 12.1 Å². The molecular weight excluding hydrogens is 642 g/mol. The molecular formula is C22H16I2N2O4S. The lowest BCUT2D eigenvalue weighted by atomic mass is 10.2. The van der Waals surface area contributed by atoms with Gasteiger partial charge in [-0.2, -0.15) is 0 Å². The zero-order chi connectivity index (χ0) is 21.9. The highest BCUT2D eigenvalue weighted by atomic mass is 127. The van der Waals surface area contributed by atoms with Crippen LogP contribution in [-0.2, 0) is 16.6 Å². The number of aliphatic hydroxyl groups is 1. The van der Waals surface area contributed by atoms with Crippen molar-refractivity contribution in [3.05, 3.63) is 73.4 Å². The third-order valence-corrected chi connectivity index (χ3v) is 8.62. The second-order valence-electron chi connectivity index (χ2n) is 7.42. The Morgan fingerprint density at radius 2 is 1.45 bits per heavy atom. The van der Waals surface area contributed by atoms with Gasteiger partial charge in [-0.05, 0) is 93.7 Å². The Morgan fingerprint density at radius 3 is 2.03 bits per heavy atom. The fourth-order valence-electron chi connectivity index (χ4n) is 4.12. The highest BCUT2D eigenvalue weighted by molar-refractivity contribution is 14.1. The molecule has 3 aromatic carbocycles. The predicted molar refractivity (Wildman–Crippen MR) is 136 cm³/mol. The molecule has 5 rings (SSSR count). The maximum Gasteiger partial charge on any atom is 0.269 e. The van der Waals surface area contributed by atoms with Crippen LogP contribution < -0.4 is 0 Å². The van der Waals surface area contributed by atoms with Gasteiger partial charge in [0.15, 0.2) is 0 Å². The van der Waals surface area contributed by atoms with Crippen LogP contribution >= 0.6 is 45.2 Å². The number of sulfonamides is 1. The molecule has 0 saturated heterocycles. The predicted octanol–water partition coefficient (Wildman–Crippen LogP) is 4.21. The average Bonchev–Trinajstić information content (AvgIpc) is 3.12. The van der Waals surface area contributed by atoms with Crippen molar-refractivity contribution in [3.8, 4) is 0 Å². The number of aromatic nitrogens is 1. The molecule has 1 aromatic heterocycles. The van der Waals surface area contributed by atoms with Crippen molar-refractivity contribution in [2.45, 2.75) is 17.5 Å². The first-order valence-electron chi connectivity index (χ1n) is 9.48. The smallest absolute Gasteiger partial charge is 0.269 e. The molecule has 1 atom stereocenters. The summed E-state index contributed by atoms with van der Waals surface area (Å²) in [5.41, 5.74) is 2.06. The summed E-state index contributed by atoms with van der Waals surface area (Å²) in [4.78, 5) is 12.7. The van der Waals surface area contributed by atoms with E-state index in [1.165, 1.54) is 12.1 Å². The lowest BCUT2D eigenvalue weighted by Gasteiger charge is -2.20. The Balaban J connectivity index is 1.52. The Hall–Kier alpha value is -1.70. The Bertz CT molecular complexity index is 1420. The molecule has 0 bridgehead atoms. The fraction of sp³-hybridized carbons (Fsp3) is 0.136. The van der Waals surface area contributed by atoms with Crippen LogP contribution in [0.3, 0.4) is 0 Å². The third-order valence-electron chi connectivity index (χ3n) is 5.47. The normalized spacial score (nSPS) is 16.2. The summed E-state index contributed by atoms with van der Waals surface area (Å²) < 4.78 is 30.6. The first kappa shape index (κ1) is 21.2. The number of carbonyl (C=O) groups excluding carboxylic acids is 1. The Labute approximate surface area is 206 Å². The lowest BCUT2D eigenvalue weighted by Crippen LogP contribution is -2.38. The van der Waals surface area contributed by atoms with Crippen molar-refractivity contribution in [2.24, 2.45) is 0 Å². The molecule has 0 aliphatic carbocycles. The van der Waals surface area contributed by atoms with Crippen molar-refractivity contribution < 1.29 is 18.3 Å². The van der Waals surface area contributed by atoms with Crippen molar-refractivity contribution >= 4 is 82.9 Å². The third kappa shape index (κ3) is 3.45. The van der Waals surface area contributed by atoms with Crippen LogP contribution in [-0.4, -0.2) is 41.0 Å². The van der Waals surface area contributed by atoms with E-state index in [9.17, 15) is 18.3 Å². The molecule has 1 amide bonds. The van der Waals surface area contributed by atoms with Crippen molar-refractivity contribution in [3.63, 3.8) is 0 Å². The van der Waals surface area contributed by atoms with Crippen LogP contribution in [0.1, 0.15) is 10.4 Å². The first-order valence-corrected chi connectivity index (χ1v) is 13.1. The van der Waals surface area contributed by atoms with E-state index in [0.717, 1.165) is 33.3 Å². The van der Waals surface area contributed by atoms with Gasteiger partial charge in [0, 0.05) is 28.9 Å². The number of hydrogen-bond donors (Lipinski definition) is 1. The highest BCUT2D eigenvalue weighted by Gasteiger charge is 2.41. The average molecular weight is 658 g/mol. The topological polar surface area (TPSA) is 79.6 Å². The first-order chi connectivity index (χ1) is 14.8. The van der Waals surface area contributed by atoms with Gasteiger partial charge in [-0.15, -0.1) is 0 Å². The molecule has 158 valence electrons. The van der Waals surface area contributed by atoms with Crippen LogP contribution in [0.4, 0.5) is 0 Å². The minimum Gasteiger partial charge on any atom is -0.389 e. The van der Waals surface area contributed by atoms with Crippen LogP contribution in [0.5, 0.6) is 0 Å². The molecule has 31 heavy (non-hydrogen) atoms. The van der Waals surface area contributed by atoms with Crippen molar-refractivity contribution in [2.75, 3.05) is 6.54 Å². The minimum absolute atomic E-state index is 0.00628. The summed E-state index contributed by atoms with van der Waals surface area (Å²) in [6.07, 6.45) is -1.06.